The minimum Gasteiger partial charge on any atom is -0.497 e. The number of aryl methyl sites for hydroxylation is 1. The van der Waals surface area contributed by atoms with Gasteiger partial charge in [-0.3, -0.25) is 4.79 Å². The van der Waals surface area contributed by atoms with Crippen molar-refractivity contribution in [2.24, 2.45) is 0 Å². The minimum atomic E-state index is -4.46. The third-order valence-electron chi connectivity index (χ3n) is 6.69. The van der Waals surface area contributed by atoms with Crippen LogP contribution in [0.25, 0.3) is 11.3 Å². The van der Waals surface area contributed by atoms with Crippen LogP contribution in [0.3, 0.4) is 0 Å². The number of halogens is 4. The van der Waals surface area contributed by atoms with Crippen LogP contribution in [-0.2, 0) is 32.2 Å². The summed E-state index contributed by atoms with van der Waals surface area (Å²) in [4.78, 5) is 13.3. The number of aromatic nitrogens is 1. The molecule has 0 N–H and O–H groups in total. The minimum absolute atomic E-state index is 0.0579. The van der Waals surface area contributed by atoms with Gasteiger partial charge in [0.2, 0.25) is 0 Å². The van der Waals surface area contributed by atoms with E-state index < -0.39 is 11.7 Å². The van der Waals surface area contributed by atoms with Crippen molar-refractivity contribution in [2.45, 2.75) is 39.1 Å². The molecule has 39 heavy (non-hydrogen) atoms. The number of alkyl halides is 3. The van der Waals surface area contributed by atoms with Crippen LogP contribution in [0.2, 0.25) is 0 Å². The highest BCUT2D eigenvalue weighted by atomic mass is 79.9. The maximum absolute atomic E-state index is 13.3. The van der Waals surface area contributed by atoms with Crippen LogP contribution in [0.4, 0.5) is 13.2 Å². The Kier molecular flexibility index (Phi) is 7.44. The van der Waals surface area contributed by atoms with Gasteiger partial charge in [0.05, 0.1) is 28.4 Å². The fraction of sp³-hybridized carbons (Fsp3) is 0.233. The predicted octanol–water partition coefficient (Wildman–Crippen LogP) is 7.80. The van der Waals surface area contributed by atoms with Crippen molar-refractivity contribution < 1.29 is 27.4 Å². The quantitative estimate of drug-likeness (QED) is 0.217. The zero-order valence-corrected chi connectivity index (χ0v) is 22.9. The average molecular weight is 600 g/mol. The van der Waals surface area contributed by atoms with Crippen molar-refractivity contribution in [2.75, 3.05) is 7.11 Å². The van der Waals surface area contributed by atoms with E-state index in [0.717, 1.165) is 46.7 Å². The molecule has 0 atom stereocenters. The predicted molar refractivity (Wildman–Crippen MR) is 146 cm³/mol. The van der Waals surface area contributed by atoms with Crippen LogP contribution in [0.5, 0.6) is 23.0 Å². The number of pyridine rings is 1. The molecule has 0 spiro atoms. The molecular weight excluding hydrogens is 575 g/mol. The summed E-state index contributed by atoms with van der Waals surface area (Å²) in [6, 6.07) is 17.7. The van der Waals surface area contributed by atoms with Gasteiger partial charge in [0.15, 0.2) is 0 Å². The summed E-state index contributed by atoms with van der Waals surface area (Å²) in [5, 5.41) is 0. The van der Waals surface area contributed by atoms with E-state index in [1.54, 1.807) is 29.9 Å². The lowest BCUT2D eigenvalue weighted by molar-refractivity contribution is -0.137. The lowest BCUT2D eigenvalue weighted by atomic mass is 9.96. The van der Waals surface area contributed by atoms with Crippen LogP contribution in [0, 0.1) is 0 Å². The van der Waals surface area contributed by atoms with Crippen LogP contribution < -0.4 is 19.8 Å². The van der Waals surface area contributed by atoms with Gasteiger partial charge in [0.1, 0.15) is 29.6 Å². The molecule has 5 nitrogen and oxygen atoms in total. The number of benzene rings is 3. The lowest BCUT2D eigenvalue weighted by Gasteiger charge is -2.24. The largest absolute Gasteiger partial charge is 0.497 e. The molecule has 0 bridgehead atoms. The average Bonchev–Trinajstić information content (AvgIpc) is 2.92. The molecule has 0 saturated heterocycles. The molecule has 3 aromatic carbocycles. The number of rotatable bonds is 7. The fourth-order valence-electron chi connectivity index (χ4n) is 4.69. The summed E-state index contributed by atoms with van der Waals surface area (Å²) in [5.74, 6) is 1.75. The van der Waals surface area contributed by atoms with E-state index in [-0.39, 0.29) is 17.9 Å². The van der Waals surface area contributed by atoms with Crippen molar-refractivity contribution in [3.8, 4) is 34.3 Å². The third-order valence-corrected chi connectivity index (χ3v) is 7.31. The zero-order chi connectivity index (χ0) is 27.7. The monoisotopic (exact) mass is 599 g/mol. The van der Waals surface area contributed by atoms with E-state index in [1.165, 1.54) is 12.1 Å². The first kappa shape index (κ1) is 26.9. The Morgan fingerprint density at radius 3 is 2.51 bits per heavy atom. The Bertz CT molecular complexity index is 1600. The Labute approximate surface area is 231 Å². The molecule has 0 fully saturated rings. The Hall–Kier alpha value is -3.72. The molecule has 0 amide bonds. The molecule has 1 aromatic heterocycles. The molecule has 0 aliphatic carbocycles. The molecule has 5 rings (SSSR count). The highest BCUT2D eigenvalue weighted by Gasteiger charge is 2.30. The van der Waals surface area contributed by atoms with Crippen molar-refractivity contribution in [1.82, 2.24) is 4.57 Å². The van der Waals surface area contributed by atoms with Crippen molar-refractivity contribution in [1.29, 1.82) is 0 Å². The molecule has 2 heterocycles. The van der Waals surface area contributed by atoms with E-state index in [1.807, 2.05) is 31.2 Å². The van der Waals surface area contributed by atoms with Gasteiger partial charge in [0.25, 0.3) is 5.56 Å². The number of hydrogen-bond acceptors (Lipinski definition) is 4. The van der Waals surface area contributed by atoms with Gasteiger partial charge >= 0.3 is 6.18 Å². The second-order valence-electron chi connectivity index (χ2n) is 9.14. The maximum atomic E-state index is 13.3. The molecule has 4 aromatic rings. The molecule has 1 aliphatic rings. The van der Waals surface area contributed by atoms with Crippen LogP contribution in [-0.4, -0.2) is 11.7 Å². The van der Waals surface area contributed by atoms with E-state index in [2.05, 4.69) is 15.9 Å². The van der Waals surface area contributed by atoms with E-state index >= 15 is 0 Å². The van der Waals surface area contributed by atoms with Crippen molar-refractivity contribution in [3.05, 3.63) is 104 Å². The number of nitrogens with zero attached hydrogens (tertiary/aromatic N) is 1. The second kappa shape index (κ2) is 10.8. The lowest BCUT2D eigenvalue weighted by Crippen LogP contribution is -2.29. The first-order valence-corrected chi connectivity index (χ1v) is 13.2. The van der Waals surface area contributed by atoms with Gasteiger partial charge in [-0.25, -0.2) is 0 Å². The molecular formula is C30H25BrF3NO4. The number of hydrogen-bond donors (Lipinski definition) is 0. The standard InChI is InChI=1S/C30H25BrF3NO4/c1-3-23-28(16-26-24-9-8-21(37-2)14-19(24)11-12-35(26)29(23)36)38-17-18-7-10-27(25(31)13-18)39-22-6-4-5-20(15-22)30(32,33)34/h4-10,13-16H,3,11-12,17H2,1-2H3. The van der Waals surface area contributed by atoms with Crippen LogP contribution in [0.1, 0.15) is 29.2 Å². The van der Waals surface area contributed by atoms with Gasteiger partial charge in [-0.2, -0.15) is 13.2 Å². The van der Waals surface area contributed by atoms with Gasteiger partial charge in [0, 0.05) is 18.2 Å². The molecule has 0 saturated carbocycles. The highest BCUT2D eigenvalue weighted by molar-refractivity contribution is 9.10. The van der Waals surface area contributed by atoms with E-state index in [9.17, 15) is 18.0 Å². The summed E-state index contributed by atoms with van der Waals surface area (Å²) in [6.07, 6.45) is -3.19. The molecule has 1 aliphatic heterocycles. The zero-order valence-electron chi connectivity index (χ0n) is 21.3. The first-order valence-electron chi connectivity index (χ1n) is 12.4. The third kappa shape index (κ3) is 5.54. The summed E-state index contributed by atoms with van der Waals surface area (Å²) in [5.41, 5.74) is 3.47. The first-order chi connectivity index (χ1) is 18.7. The molecule has 0 unspecified atom stereocenters. The maximum Gasteiger partial charge on any atom is 0.416 e. The van der Waals surface area contributed by atoms with Gasteiger partial charge < -0.3 is 18.8 Å². The topological polar surface area (TPSA) is 49.7 Å². The second-order valence-corrected chi connectivity index (χ2v) is 9.99. The van der Waals surface area contributed by atoms with Crippen molar-refractivity contribution in [3.63, 3.8) is 0 Å². The molecule has 0 radical (unpaired) electrons. The van der Waals surface area contributed by atoms with E-state index in [0.29, 0.717) is 34.5 Å². The summed E-state index contributed by atoms with van der Waals surface area (Å²) in [6.45, 7) is 2.70. The number of ether oxygens (including phenoxy) is 3. The Balaban J connectivity index is 1.38. The van der Waals surface area contributed by atoms with Crippen molar-refractivity contribution >= 4 is 15.9 Å². The highest BCUT2D eigenvalue weighted by Crippen LogP contribution is 2.36. The smallest absolute Gasteiger partial charge is 0.416 e. The summed E-state index contributed by atoms with van der Waals surface area (Å²) < 4.78 is 58.7. The Morgan fingerprint density at radius 1 is 0.974 bits per heavy atom. The normalized spacial score (nSPS) is 12.5. The molecule has 9 heteroatoms. The van der Waals surface area contributed by atoms with Gasteiger partial charge in [-0.05, 0) is 88.4 Å². The SMILES string of the molecule is CCc1c(OCc2ccc(Oc3cccc(C(F)(F)F)c3)c(Br)c2)cc2n(c1=O)CCc1cc(OC)ccc1-2. The van der Waals surface area contributed by atoms with Gasteiger partial charge in [-0.15, -0.1) is 0 Å². The summed E-state index contributed by atoms with van der Waals surface area (Å²) >= 11 is 3.44. The van der Waals surface area contributed by atoms with Crippen LogP contribution >= 0.6 is 15.9 Å². The number of fused-ring (bicyclic) bond motifs is 3. The number of methoxy groups -OCH3 is 1. The van der Waals surface area contributed by atoms with Crippen LogP contribution in [0.15, 0.2) is 76.0 Å². The van der Waals surface area contributed by atoms with E-state index in [4.69, 9.17) is 14.2 Å². The molecule has 202 valence electrons. The summed E-state index contributed by atoms with van der Waals surface area (Å²) in [7, 11) is 1.63. The van der Waals surface area contributed by atoms with Gasteiger partial charge in [-0.1, -0.05) is 19.1 Å². The Morgan fingerprint density at radius 2 is 1.79 bits per heavy atom. The fourth-order valence-corrected chi connectivity index (χ4v) is 5.20.